The fraction of sp³-hybridized carbons (Fsp3) is 0.462. The van der Waals surface area contributed by atoms with Crippen molar-refractivity contribution < 1.29 is 19.7 Å². The van der Waals surface area contributed by atoms with E-state index < -0.39 is 11.0 Å². The van der Waals surface area contributed by atoms with Gasteiger partial charge in [-0.1, -0.05) is 13.8 Å². The molecule has 0 radical (unpaired) electrons. The average molecular weight is 271 g/mol. The van der Waals surface area contributed by atoms with Gasteiger partial charge in [-0.2, -0.15) is 0 Å². The van der Waals surface area contributed by atoms with E-state index in [9.17, 15) is 15.0 Å². The molecule has 0 saturated heterocycles. The van der Waals surface area contributed by atoms with E-state index in [2.05, 4.69) is 0 Å². The summed E-state index contributed by atoms with van der Waals surface area (Å²) >= 11 is 6.18. The fourth-order valence-electron chi connectivity index (χ4n) is 2.30. The van der Waals surface area contributed by atoms with Gasteiger partial charge in [0.1, 0.15) is 33.8 Å². The number of hydrogen-bond donors (Lipinski definition) is 2. The van der Waals surface area contributed by atoms with Gasteiger partial charge in [-0.05, 0) is 12.8 Å². The highest BCUT2D eigenvalue weighted by Gasteiger charge is 2.47. The molecular formula is C13H15ClO4. The van der Waals surface area contributed by atoms with E-state index in [1.807, 2.05) is 13.8 Å². The van der Waals surface area contributed by atoms with Crippen LogP contribution < -0.4 is 4.74 Å². The lowest BCUT2D eigenvalue weighted by atomic mass is 9.85. The van der Waals surface area contributed by atoms with Crippen LogP contribution in [-0.2, 0) is 0 Å². The van der Waals surface area contributed by atoms with E-state index in [0.717, 1.165) is 6.07 Å². The zero-order chi connectivity index (χ0) is 13.5. The van der Waals surface area contributed by atoms with Crippen molar-refractivity contribution in [1.29, 1.82) is 0 Å². The van der Waals surface area contributed by atoms with E-state index in [1.165, 1.54) is 6.07 Å². The number of rotatable bonds is 2. The Morgan fingerprint density at radius 3 is 2.50 bits per heavy atom. The Kier molecular flexibility index (Phi) is 3.15. The molecule has 5 heteroatoms. The molecule has 0 aliphatic carbocycles. The van der Waals surface area contributed by atoms with E-state index >= 15 is 0 Å². The highest BCUT2D eigenvalue weighted by atomic mass is 35.5. The second-order valence-electron chi connectivity index (χ2n) is 4.44. The summed E-state index contributed by atoms with van der Waals surface area (Å²) < 4.78 is 5.79. The van der Waals surface area contributed by atoms with E-state index in [0.29, 0.717) is 12.8 Å². The zero-order valence-corrected chi connectivity index (χ0v) is 11.0. The van der Waals surface area contributed by atoms with Gasteiger partial charge in [0.25, 0.3) is 0 Å². The number of ketones is 1. The SMILES string of the molecule is CCC1(CC)Oc2cc(O)cc(O)c2C(=O)C1Cl. The molecule has 0 saturated carbocycles. The number of halogens is 1. The fourth-order valence-corrected chi connectivity index (χ4v) is 2.77. The summed E-state index contributed by atoms with van der Waals surface area (Å²) in [6.07, 6.45) is 1.14. The molecule has 1 heterocycles. The Morgan fingerprint density at radius 1 is 1.33 bits per heavy atom. The Hall–Kier alpha value is -1.42. The van der Waals surface area contributed by atoms with Gasteiger partial charge in [-0.25, -0.2) is 0 Å². The third kappa shape index (κ3) is 1.72. The summed E-state index contributed by atoms with van der Waals surface area (Å²) in [5.41, 5.74) is -0.739. The first-order valence-corrected chi connectivity index (χ1v) is 6.32. The summed E-state index contributed by atoms with van der Waals surface area (Å²) in [6, 6.07) is 2.43. The minimum absolute atomic E-state index is 0.0466. The maximum absolute atomic E-state index is 12.2. The lowest BCUT2D eigenvalue weighted by Gasteiger charge is -2.40. The summed E-state index contributed by atoms with van der Waals surface area (Å²) in [7, 11) is 0. The Bertz CT molecular complexity index is 494. The molecular weight excluding hydrogens is 256 g/mol. The maximum atomic E-state index is 12.2. The quantitative estimate of drug-likeness (QED) is 0.811. The molecule has 1 aliphatic rings. The molecule has 1 unspecified atom stereocenters. The van der Waals surface area contributed by atoms with Gasteiger partial charge in [0.2, 0.25) is 0 Å². The van der Waals surface area contributed by atoms with Crippen molar-refractivity contribution in [2.24, 2.45) is 0 Å². The van der Waals surface area contributed by atoms with Gasteiger partial charge >= 0.3 is 0 Å². The third-order valence-electron chi connectivity index (χ3n) is 3.51. The van der Waals surface area contributed by atoms with Crippen LogP contribution in [0.25, 0.3) is 0 Å². The monoisotopic (exact) mass is 270 g/mol. The minimum Gasteiger partial charge on any atom is -0.508 e. The van der Waals surface area contributed by atoms with Crippen LogP contribution in [-0.4, -0.2) is 27.0 Å². The molecule has 1 aliphatic heterocycles. The first-order chi connectivity index (χ1) is 8.45. The number of alkyl halides is 1. The van der Waals surface area contributed by atoms with Crippen molar-refractivity contribution in [1.82, 2.24) is 0 Å². The number of aromatic hydroxyl groups is 2. The molecule has 2 rings (SSSR count). The van der Waals surface area contributed by atoms with Crippen LogP contribution >= 0.6 is 11.6 Å². The number of benzene rings is 1. The number of fused-ring (bicyclic) bond motifs is 1. The second-order valence-corrected chi connectivity index (χ2v) is 4.88. The molecule has 1 atom stereocenters. The van der Waals surface area contributed by atoms with Crippen molar-refractivity contribution in [2.75, 3.05) is 0 Å². The van der Waals surface area contributed by atoms with Crippen molar-refractivity contribution in [3.63, 3.8) is 0 Å². The molecule has 0 bridgehead atoms. The van der Waals surface area contributed by atoms with Crippen LogP contribution in [0.4, 0.5) is 0 Å². The molecule has 0 fully saturated rings. The predicted octanol–water partition coefficient (Wildman–Crippen LogP) is 2.84. The Morgan fingerprint density at radius 2 is 1.94 bits per heavy atom. The Labute approximate surface area is 110 Å². The topological polar surface area (TPSA) is 66.8 Å². The molecule has 1 aromatic carbocycles. The lowest BCUT2D eigenvalue weighted by molar-refractivity contribution is 0.0374. The molecule has 2 N–H and O–H groups in total. The van der Waals surface area contributed by atoms with Crippen LogP contribution in [0.1, 0.15) is 37.0 Å². The zero-order valence-electron chi connectivity index (χ0n) is 10.2. The molecule has 98 valence electrons. The van der Waals surface area contributed by atoms with Gasteiger partial charge in [-0.15, -0.1) is 11.6 Å². The van der Waals surface area contributed by atoms with Gasteiger partial charge in [-0.3, -0.25) is 4.79 Å². The maximum Gasteiger partial charge on any atom is 0.192 e. The summed E-state index contributed by atoms with van der Waals surface area (Å²) in [6.45, 7) is 3.78. The summed E-state index contributed by atoms with van der Waals surface area (Å²) in [5, 5.41) is 18.3. The van der Waals surface area contributed by atoms with Crippen LogP contribution in [0.2, 0.25) is 0 Å². The molecule has 0 aromatic heterocycles. The first-order valence-electron chi connectivity index (χ1n) is 5.88. The first kappa shape index (κ1) is 13.0. The van der Waals surface area contributed by atoms with Crippen molar-refractivity contribution >= 4 is 17.4 Å². The summed E-state index contributed by atoms with van der Waals surface area (Å²) in [4.78, 5) is 12.2. The highest BCUT2D eigenvalue weighted by molar-refractivity contribution is 6.36. The van der Waals surface area contributed by atoms with E-state index in [-0.39, 0.29) is 28.6 Å². The molecule has 0 amide bonds. The predicted molar refractivity (Wildman–Crippen MR) is 67.7 cm³/mol. The molecule has 1 aromatic rings. The van der Waals surface area contributed by atoms with Gasteiger partial charge in [0, 0.05) is 12.1 Å². The number of carbonyl (C=O) groups excluding carboxylic acids is 1. The smallest absolute Gasteiger partial charge is 0.192 e. The lowest BCUT2D eigenvalue weighted by Crippen LogP contribution is -2.51. The van der Waals surface area contributed by atoms with Crippen LogP contribution in [0.15, 0.2) is 12.1 Å². The number of hydrogen-bond acceptors (Lipinski definition) is 4. The normalized spacial score (nSPS) is 21.3. The van der Waals surface area contributed by atoms with Crippen LogP contribution in [0, 0.1) is 0 Å². The average Bonchev–Trinajstić information content (AvgIpc) is 2.33. The molecule has 18 heavy (non-hydrogen) atoms. The van der Waals surface area contributed by atoms with Gasteiger partial charge in [0.15, 0.2) is 5.78 Å². The van der Waals surface area contributed by atoms with Gasteiger partial charge < -0.3 is 14.9 Å². The highest BCUT2D eigenvalue weighted by Crippen LogP contribution is 2.44. The largest absolute Gasteiger partial charge is 0.508 e. The standard InChI is InChI=1S/C13H15ClO4/c1-3-13(4-2)12(14)11(17)10-8(16)5-7(15)6-9(10)18-13/h5-6,12,15-16H,3-4H2,1-2H3. The molecule has 0 spiro atoms. The number of carbonyl (C=O) groups is 1. The number of ether oxygens (including phenoxy) is 1. The minimum atomic E-state index is -0.838. The van der Waals surface area contributed by atoms with E-state index in [1.54, 1.807) is 0 Å². The van der Waals surface area contributed by atoms with Crippen molar-refractivity contribution in [3.05, 3.63) is 17.7 Å². The summed E-state index contributed by atoms with van der Waals surface area (Å²) in [5.74, 6) is -0.619. The van der Waals surface area contributed by atoms with Crippen LogP contribution in [0.5, 0.6) is 17.2 Å². The number of phenols is 2. The Balaban J connectivity index is 2.61. The van der Waals surface area contributed by atoms with Crippen molar-refractivity contribution in [3.8, 4) is 17.2 Å². The second kappa shape index (κ2) is 4.35. The van der Waals surface area contributed by atoms with Gasteiger partial charge in [0.05, 0.1) is 0 Å². The van der Waals surface area contributed by atoms with Crippen molar-refractivity contribution in [2.45, 2.75) is 37.7 Å². The van der Waals surface area contributed by atoms with E-state index in [4.69, 9.17) is 16.3 Å². The number of phenolic OH excluding ortho intramolecular Hbond substituents is 2. The number of Topliss-reactive ketones (excluding diaryl/α,β-unsaturated/α-hetero) is 1. The third-order valence-corrected chi connectivity index (χ3v) is 4.11. The molecule has 4 nitrogen and oxygen atoms in total. The van der Waals surface area contributed by atoms with Crippen LogP contribution in [0.3, 0.4) is 0 Å².